The van der Waals surface area contributed by atoms with Crippen molar-refractivity contribution < 1.29 is 18.0 Å². The lowest BCUT2D eigenvalue weighted by atomic mass is 10.0. The number of alkyl halides is 3. The topological polar surface area (TPSA) is 56.0 Å². The summed E-state index contributed by atoms with van der Waals surface area (Å²) in [5, 5.41) is 0.193. The van der Waals surface area contributed by atoms with Gasteiger partial charge in [0.05, 0.1) is 16.9 Å². The average Bonchev–Trinajstić information content (AvgIpc) is 3.04. The van der Waals surface area contributed by atoms with Gasteiger partial charge in [-0.1, -0.05) is 41.9 Å². The van der Waals surface area contributed by atoms with Gasteiger partial charge in [-0.25, -0.2) is 4.98 Å². The van der Waals surface area contributed by atoms with E-state index in [-0.39, 0.29) is 32.0 Å². The van der Waals surface area contributed by atoms with Crippen molar-refractivity contribution in [3.63, 3.8) is 0 Å². The first-order chi connectivity index (χ1) is 13.8. The molecule has 0 aliphatic carbocycles. The molecule has 0 spiro atoms. The molecule has 29 heavy (non-hydrogen) atoms. The van der Waals surface area contributed by atoms with Crippen LogP contribution in [0.15, 0.2) is 60.7 Å². The van der Waals surface area contributed by atoms with Gasteiger partial charge >= 0.3 is 6.18 Å². The van der Waals surface area contributed by atoms with Crippen LogP contribution in [0.3, 0.4) is 0 Å². The lowest BCUT2D eigenvalue weighted by Crippen LogP contribution is -2.08. The van der Waals surface area contributed by atoms with E-state index in [4.69, 9.17) is 17.3 Å². The molecular formula is C21H12ClF3N2OS. The van der Waals surface area contributed by atoms with Gasteiger partial charge in [0.25, 0.3) is 0 Å². The number of rotatable bonds is 3. The molecule has 0 saturated carbocycles. The smallest absolute Gasteiger partial charge is 0.397 e. The molecule has 8 heteroatoms. The molecule has 0 aliphatic heterocycles. The number of carbonyl (C=O) groups is 1. The number of anilines is 1. The fourth-order valence-electron chi connectivity index (χ4n) is 3.00. The van der Waals surface area contributed by atoms with E-state index in [1.807, 2.05) is 0 Å². The Kier molecular flexibility index (Phi) is 4.80. The number of hydrogen-bond donors (Lipinski definition) is 1. The van der Waals surface area contributed by atoms with Gasteiger partial charge in [0, 0.05) is 21.5 Å². The highest BCUT2D eigenvalue weighted by Gasteiger charge is 2.36. The van der Waals surface area contributed by atoms with Gasteiger partial charge in [-0.15, -0.1) is 11.3 Å². The molecule has 2 aromatic carbocycles. The minimum absolute atomic E-state index is 0.0190. The summed E-state index contributed by atoms with van der Waals surface area (Å²) in [7, 11) is 0. The Morgan fingerprint density at radius 3 is 2.31 bits per heavy atom. The summed E-state index contributed by atoms with van der Waals surface area (Å²) >= 11 is 6.69. The van der Waals surface area contributed by atoms with E-state index in [9.17, 15) is 18.0 Å². The van der Waals surface area contributed by atoms with Crippen molar-refractivity contribution >= 4 is 44.6 Å². The molecule has 2 aromatic heterocycles. The molecule has 3 nitrogen and oxygen atoms in total. The molecule has 0 saturated heterocycles. The van der Waals surface area contributed by atoms with Crippen LogP contribution in [0, 0.1) is 0 Å². The summed E-state index contributed by atoms with van der Waals surface area (Å²) in [5.41, 5.74) is 5.87. The molecule has 0 atom stereocenters. The molecule has 0 bridgehead atoms. The predicted molar refractivity (Wildman–Crippen MR) is 109 cm³/mol. The van der Waals surface area contributed by atoms with E-state index in [0.29, 0.717) is 10.6 Å². The molecule has 4 aromatic rings. The monoisotopic (exact) mass is 432 g/mol. The maximum absolute atomic E-state index is 13.8. The number of carbonyl (C=O) groups excluding carboxylic acids is 1. The van der Waals surface area contributed by atoms with Gasteiger partial charge in [-0.3, -0.25) is 4.79 Å². The van der Waals surface area contributed by atoms with Crippen molar-refractivity contribution in [3.05, 3.63) is 81.7 Å². The van der Waals surface area contributed by atoms with Crippen LogP contribution in [-0.2, 0) is 6.18 Å². The first kappa shape index (κ1) is 19.4. The van der Waals surface area contributed by atoms with E-state index in [2.05, 4.69) is 4.98 Å². The summed E-state index contributed by atoms with van der Waals surface area (Å²) < 4.78 is 41.4. The molecule has 0 unspecified atom stereocenters. The van der Waals surface area contributed by atoms with E-state index in [0.717, 1.165) is 17.4 Å². The van der Waals surface area contributed by atoms with Crippen LogP contribution < -0.4 is 5.73 Å². The van der Waals surface area contributed by atoms with Crippen molar-refractivity contribution in [2.45, 2.75) is 6.18 Å². The van der Waals surface area contributed by atoms with E-state index >= 15 is 0 Å². The summed E-state index contributed by atoms with van der Waals surface area (Å²) in [6.07, 6.45) is -4.65. The van der Waals surface area contributed by atoms with E-state index in [1.165, 1.54) is 24.3 Å². The van der Waals surface area contributed by atoms with E-state index in [1.54, 1.807) is 30.3 Å². The average molecular weight is 433 g/mol. The Bertz CT molecular complexity index is 1220. The summed E-state index contributed by atoms with van der Waals surface area (Å²) in [6, 6.07) is 15.6. The molecule has 4 rings (SSSR count). The molecule has 2 N–H and O–H groups in total. The standard InChI is InChI=1S/C21H12ClF3N2OS/c22-13-8-6-12(7-9-13)18(28)19-17(26)16-14(21(23,24)25)10-15(27-20(16)29-19)11-4-2-1-3-5-11/h1-10H,26H2. The molecule has 0 aliphatic rings. The molecule has 0 radical (unpaired) electrons. The fourth-order valence-corrected chi connectivity index (χ4v) is 4.21. The number of aromatic nitrogens is 1. The number of halogens is 4. The molecule has 146 valence electrons. The van der Waals surface area contributed by atoms with Gasteiger partial charge in [0.2, 0.25) is 5.78 Å². The number of nitrogen functional groups attached to an aromatic ring is 1. The number of benzene rings is 2. The van der Waals surface area contributed by atoms with Crippen molar-refractivity contribution in [2.24, 2.45) is 0 Å². The number of ketones is 1. The third-order valence-electron chi connectivity index (χ3n) is 4.39. The fraction of sp³-hybridized carbons (Fsp3) is 0.0476. The maximum Gasteiger partial charge on any atom is 0.417 e. The van der Waals surface area contributed by atoms with Crippen LogP contribution >= 0.6 is 22.9 Å². The summed E-state index contributed by atoms with van der Waals surface area (Å²) in [4.78, 5) is 17.3. The van der Waals surface area contributed by atoms with Gasteiger partial charge < -0.3 is 5.73 Å². The molecular weight excluding hydrogens is 421 g/mol. The van der Waals surface area contributed by atoms with Gasteiger partial charge in [-0.05, 0) is 30.3 Å². The third kappa shape index (κ3) is 3.59. The zero-order valence-electron chi connectivity index (χ0n) is 14.6. The number of nitrogens with zero attached hydrogens (tertiary/aromatic N) is 1. The molecule has 0 amide bonds. The van der Waals surface area contributed by atoms with Crippen molar-refractivity contribution in [3.8, 4) is 11.3 Å². The number of nitrogens with two attached hydrogens (primary N) is 1. The zero-order valence-corrected chi connectivity index (χ0v) is 16.2. The summed E-state index contributed by atoms with van der Waals surface area (Å²) in [6.45, 7) is 0. The number of pyridine rings is 1. The highest BCUT2D eigenvalue weighted by atomic mass is 35.5. The highest BCUT2D eigenvalue weighted by molar-refractivity contribution is 7.21. The minimum atomic E-state index is -4.65. The van der Waals surface area contributed by atoms with Crippen molar-refractivity contribution in [2.75, 3.05) is 5.73 Å². The quantitative estimate of drug-likeness (QED) is 0.378. The second-order valence-corrected chi connectivity index (χ2v) is 7.72. The lowest BCUT2D eigenvalue weighted by molar-refractivity contribution is -0.136. The highest BCUT2D eigenvalue weighted by Crippen LogP contribution is 2.44. The van der Waals surface area contributed by atoms with Crippen molar-refractivity contribution in [1.82, 2.24) is 4.98 Å². The minimum Gasteiger partial charge on any atom is -0.397 e. The maximum atomic E-state index is 13.8. The largest absolute Gasteiger partial charge is 0.417 e. The van der Waals surface area contributed by atoms with Crippen LogP contribution in [-0.4, -0.2) is 10.8 Å². The normalized spacial score (nSPS) is 11.7. The predicted octanol–water partition coefficient (Wildman–Crippen LogP) is 6.45. The van der Waals surface area contributed by atoms with Gasteiger partial charge in [0.15, 0.2) is 0 Å². The zero-order chi connectivity index (χ0) is 20.8. The second kappa shape index (κ2) is 7.17. The number of fused-ring (bicyclic) bond motifs is 1. The Balaban J connectivity index is 1.94. The lowest BCUT2D eigenvalue weighted by Gasteiger charge is -2.11. The molecule has 0 fully saturated rings. The Hall–Kier alpha value is -2.90. The summed E-state index contributed by atoms with van der Waals surface area (Å²) in [5.74, 6) is -0.475. The van der Waals surface area contributed by atoms with Crippen LogP contribution in [0.25, 0.3) is 21.5 Å². The first-order valence-corrected chi connectivity index (χ1v) is 9.61. The van der Waals surface area contributed by atoms with Crippen molar-refractivity contribution in [1.29, 1.82) is 0 Å². The number of hydrogen-bond acceptors (Lipinski definition) is 4. The third-order valence-corrected chi connectivity index (χ3v) is 5.74. The Labute approximate surface area is 172 Å². The first-order valence-electron chi connectivity index (χ1n) is 8.41. The van der Waals surface area contributed by atoms with Crippen LogP contribution in [0.2, 0.25) is 5.02 Å². The second-order valence-electron chi connectivity index (χ2n) is 6.28. The van der Waals surface area contributed by atoms with Gasteiger partial charge in [-0.2, -0.15) is 13.2 Å². The Morgan fingerprint density at radius 1 is 1.03 bits per heavy atom. The number of thiophene rings is 1. The Morgan fingerprint density at radius 2 is 1.69 bits per heavy atom. The van der Waals surface area contributed by atoms with E-state index < -0.39 is 17.5 Å². The van der Waals surface area contributed by atoms with Crippen LogP contribution in [0.5, 0.6) is 0 Å². The van der Waals surface area contributed by atoms with Crippen LogP contribution in [0.4, 0.5) is 18.9 Å². The van der Waals surface area contributed by atoms with Crippen LogP contribution in [0.1, 0.15) is 20.8 Å². The SMILES string of the molecule is Nc1c(C(=O)c2ccc(Cl)cc2)sc2nc(-c3ccccc3)cc(C(F)(F)F)c12. The van der Waals surface area contributed by atoms with Gasteiger partial charge in [0.1, 0.15) is 9.71 Å². The molecule has 2 heterocycles.